The molecule has 1 heterocycles. The van der Waals surface area contributed by atoms with Crippen LogP contribution in [0.25, 0.3) is 10.2 Å². The zero-order valence-electron chi connectivity index (χ0n) is 14.8. The third kappa shape index (κ3) is 3.00. The number of terminal acetylenes is 1. The number of hydrogen-bond acceptors (Lipinski definition) is 2. The average Bonchev–Trinajstić information content (AvgIpc) is 3.00. The van der Waals surface area contributed by atoms with Crippen molar-refractivity contribution in [2.75, 3.05) is 0 Å². The van der Waals surface area contributed by atoms with Crippen LogP contribution in [0, 0.1) is 19.3 Å². The first kappa shape index (κ1) is 16.8. The number of carbonyl (C=O) groups is 1. The topological polar surface area (TPSA) is 34.4 Å². The normalized spacial score (nSPS) is 14.2. The van der Waals surface area contributed by atoms with Gasteiger partial charge in [-0.1, -0.05) is 35.5 Å². The molecule has 1 amide bonds. The number of amides is 1. The minimum absolute atomic E-state index is 0.201. The van der Waals surface area contributed by atoms with Gasteiger partial charge in [-0.15, -0.1) is 6.42 Å². The number of aryl methyl sites for hydroxylation is 3. The molecular formula is C22H20N2OS. The van der Waals surface area contributed by atoms with Crippen molar-refractivity contribution in [1.82, 2.24) is 4.57 Å². The van der Waals surface area contributed by atoms with Gasteiger partial charge in [-0.2, -0.15) is 4.99 Å². The maximum absolute atomic E-state index is 12.8. The highest BCUT2D eigenvalue weighted by Gasteiger charge is 2.14. The van der Waals surface area contributed by atoms with Crippen LogP contribution in [0.5, 0.6) is 0 Å². The van der Waals surface area contributed by atoms with Crippen LogP contribution >= 0.6 is 11.3 Å². The van der Waals surface area contributed by atoms with Gasteiger partial charge in [0.05, 0.1) is 16.8 Å². The van der Waals surface area contributed by atoms with E-state index in [9.17, 15) is 4.79 Å². The van der Waals surface area contributed by atoms with Gasteiger partial charge in [0, 0.05) is 5.56 Å². The molecule has 3 nitrogen and oxygen atoms in total. The first-order chi connectivity index (χ1) is 12.7. The maximum atomic E-state index is 12.8. The summed E-state index contributed by atoms with van der Waals surface area (Å²) in [4.78, 5) is 17.9. The predicted octanol–water partition coefficient (Wildman–Crippen LogP) is 4.26. The zero-order chi connectivity index (χ0) is 18.1. The molecule has 130 valence electrons. The first-order valence-corrected chi connectivity index (χ1v) is 9.72. The number of nitrogens with zero attached hydrogens (tertiary/aromatic N) is 2. The number of carbonyl (C=O) groups excluding carboxylic acids is 1. The lowest BCUT2D eigenvalue weighted by Gasteiger charge is -2.15. The highest BCUT2D eigenvalue weighted by Crippen LogP contribution is 2.23. The van der Waals surface area contributed by atoms with E-state index in [0.29, 0.717) is 16.9 Å². The Labute approximate surface area is 157 Å². The second-order valence-corrected chi connectivity index (χ2v) is 7.71. The first-order valence-electron chi connectivity index (χ1n) is 8.90. The van der Waals surface area contributed by atoms with Gasteiger partial charge in [-0.05, 0) is 67.5 Å². The van der Waals surface area contributed by atoms with E-state index in [-0.39, 0.29) is 5.91 Å². The molecule has 0 bridgehead atoms. The zero-order valence-corrected chi connectivity index (χ0v) is 15.6. The average molecular weight is 360 g/mol. The van der Waals surface area contributed by atoms with Crippen molar-refractivity contribution in [3.05, 3.63) is 63.5 Å². The van der Waals surface area contributed by atoms with E-state index < -0.39 is 0 Å². The van der Waals surface area contributed by atoms with Gasteiger partial charge in [-0.3, -0.25) is 4.79 Å². The Balaban J connectivity index is 1.81. The van der Waals surface area contributed by atoms with Gasteiger partial charge in [0.1, 0.15) is 0 Å². The Hall–Kier alpha value is -2.64. The standard InChI is InChI=1S/C22H20N2OS/c1-3-13-24-20-15(2)7-6-10-19(20)26-22(24)23-21(25)18-12-11-16-8-4-5-9-17(16)14-18/h1,6-7,10-12,14H,4-5,8-9,13H2,2H3. The van der Waals surface area contributed by atoms with E-state index in [1.807, 2.05) is 28.8 Å². The third-order valence-corrected chi connectivity index (χ3v) is 5.99. The molecule has 26 heavy (non-hydrogen) atoms. The molecule has 0 atom stereocenters. The monoisotopic (exact) mass is 360 g/mol. The fourth-order valence-corrected chi connectivity index (χ4v) is 4.75. The van der Waals surface area contributed by atoms with Gasteiger partial charge in [0.25, 0.3) is 5.91 Å². The van der Waals surface area contributed by atoms with E-state index in [0.717, 1.165) is 28.6 Å². The molecule has 0 aliphatic heterocycles. The molecule has 4 heteroatoms. The lowest BCUT2D eigenvalue weighted by atomic mass is 9.90. The van der Waals surface area contributed by atoms with E-state index >= 15 is 0 Å². The highest BCUT2D eigenvalue weighted by atomic mass is 32.1. The number of fused-ring (bicyclic) bond motifs is 2. The molecule has 0 radical (unpaired) electrons. The van der Waals surface area contributed by atoms with Gasteiger partial charge >= 0.3 is 0 Å². The second kappa shape index (κ2) is 6.93. The van der Waals surface area contributed by atoms with E-state index in [4.69, 9.17) is 6.42 Å². The Morgan fingerprint density at radius 1 is 1.23 bits per heavy atom. The van der Waals surface area contributed by atoms with Gasteiger partial charge in [0.15, 0.2) is 4.80 Å². The van der Waals surface area contributed by atoms with Crippen LogP contribution < -0.4 is 4.80 Å². The Kier molecular flexibility index (Phi) is 4.48. The van der Waals surface area contributed by atoms with Crippen LogP contribution in [0.3, 0.4) is 0 Å². The number of hydrogen-bond donors (Lipinski definition) is 0. The molecule has 1 aromatic heterocycles. The van der Waals surface area contributed by atoms with Gasteiger partial charge in [-0.25, -0.2) is 0 Å². The summed E-state index contributed by atoms with van der Waals surface area (Å²) in [6.07, 6.45) is 10.1. The van der Waals surface area contributed by atoms with Crippen molar-refractivity contribution in [1.29, 1.82) is 0 Å². The minimum atomic E-state index is -0.201. The SMILES string of the molecule is C#CCn1c(=NC(=O)c2ccc3c(c2)CCCC3)sc2cccc(C)c21. The molecule has 4 rings (SSSR count). The molecule has 0 fully saturated rings. The van der Waals surface area contributed by atoms with Crippen molar-refractivity contribution in [3.8, 4) is 12.3 Å². The quantitative estimate of drug-likeness (QED) is 0.629. The Bertz CT molecular complexity index is 1110. The highest BCUT2D eigenvalue weighted by molar-refractivity contribution is 7.16. The van der Waals surface area contributed by atoms with Crippen LogP contribution in [0.4, 0.5) is 0 Å². The smallest absolute Gasteiger partial charge is 0.279 e. The van der Waals surface area contributed by atoms with E-state index in [2.05, 4.69) is 30.0 Å². The molecule has 0 unspecified atom stereocenters. The number of benzene rings is 2. The van der Waals surface area contributed by atoms with Crippen LogP contribution in [-0.4, -0.2) is 10.5 Å². The molecule has 0 saturated heterocycles. The lowest BCUT2D eigenvalue weighted by molar-refractivity contribution is 0.0997. The molecule has 1 aliphatic rings. The largest absolute Gasteiger partial charge is 0.304 e. The number of para-hydroxylation sites is 1. The maximum Gasteiger partial charge on any atom is 0.279 e. The fraction of sp³-hybridized carbons (Fsp3) is 0.273. The predicted molar refractivity (Wildman–Crippen MR) is 106 cm³/mol. The van der Waals surface area contributed by atoms with Crippen LogP contribution in [0.2, 0.25) is 0 Å². The van der Waals surface area contributed by atoms with Crippen molar-refractivity contribution >= 4 is 27.5 Å². The summed E-state index contributed by atoms with van der Waals surface area (Å²) in [5, 5.41) is 0. The summed E-state index contributed by atoms with van der Waals surface area (Å²) in [5.41, 5.74) is 5.52. The van der Waals surface area contributed by atoms with Gasteiger partial charge < -0.3 is 4.57 Å². The summed E-state index contributed by atoms with van der Waals surface area (Å²) < 4.78 is 3.06. The van der Waals surface area contributed by atoms with Crippen molar-refractivity contribution in [3.63, 3.8) is 0 Å². The lowest BCUT2D eigenvalue weighted by Crippen LogP contribution is -2.17. The van der Waals surface area contributed by atoms with Gasteiger partial charge in [0.2, 0.25) is 0 Å². The third-order valence-electron chi connectivity index (χ3n) is 4.94. The second-order valence-electron chi connectivity index (χ2n) is 6.70. The van der Waals surface area contributed by atoms with Crippen LogP contribution in [0.15, 0.2) is 41.4 Å². The summed E-state index contributed by atoms with van der Waals surface area (Å²) in [7, 11) is 0. The van der Waals surface area contributed by atoms with Crippen molar-refractivity contribution < 1.29 is 4.79 Å². The van der Waals surface area contributed by atoms with Crippen LogP contribution in [0.1, 0.15) is 39.9 Å². The molecule has 0 N–H and O–H groups in total. The fourth-order valence-electron chi connectivity index (χ4n) is 3.65. The summed E-state index contributed by atoms with van der Waals surface area (Å²) in [6, 6.07) is 12.1. The van der Waals surface area contributed by atoms with E-state index in [1.54, 1.807) is 0 Å². The molecule has 1 aliphatic carbocycles. The number of aromatic nitrogens is 1. The van der Waals surface area contributed by atoms with Crippen molar-refractivity contribution in [2.45, 2.75) is 39.2 Å². The number of thiazole rings is 1. The van der Waals surface area contributed by atoms with Crippen LogP contribution in [-0.2, 0) is 19.4 Å². The summed E-state index contributed by atoms with van der Waals surface area (Å²) in [5.74, 6) is 2.48. The Morgan fingerprint density at radius 2 is 2.04 bits per heavy atom. The summed E-state index contributed by atoms with van der Waals surface area (Å²) in [6.45, 7) is 2.46. The molecule has 3 aromatic rings. The molecule has 2 aromatic carbocycles. The molecule has 0 saturated carbocycles. The summed E-state index contributed by atoms with van der Waals surface area (Å²) >= 11 is 1.51. The number of rotatable bonds is 2. The molecular weight excluding hydrogens is 340 g/mol. The Morgan fingerprint density at radius 3 is 2.85 bits per heavy atom. The van der Waals surface area contributed by atoms with E-state index in [1.165, 1.54) is 35.3 Å². The molecule has 0 spiro atoms. The van der Waals surface area contributed by atoms with Crippen molar-refractivity contribution in [2.24, 2.45) is 4.99 Å². The minimum Gasteiger partial charge on any atom is -0.304 e.